The second-order valence-electron chi connectivity index (χ2n) is 5.26. The van der Waals surface area contributed by atoms with Crippen LogP contribution in [0.5, 0.6) is 0 Å². The molecular formula is C15H19NO3. The Bertz CT molecular complexity index is 483. The SMILES string of the molecule is C=CCN(C(=O)c1ccc(C(=O)O)cc1)C(C)(C)C. The molecular weight excluding hydrogens is 242 g/mol. The molecule has 0 bridgehead atoms. The molecule has 1 amide bonds. The Balaban J connectivity index is 3.03. The monoisotopic (exact) mass is 261 g/mol. The van der Waals surface area contributed by atoms with Gasteiger partial charge in [0.05, 0.1) is 5.56 Å². The summed E-state index contributed by atoms with van der Waals surface area (Å²) in [5.41, 5.74) is 0.320. The van der Waals surface area contributed by atoms with Gasteiger partial charge in [-0.1, -0.05) is 6.08 Å². The molecule has 0 heterocycles. The molecule has 1 rings (SSSR count). The predicted molar refractivity (Wildman–Crippen MR) is 74.4 cm³/mol. The van der Waals surface area contributed by atoms with E-state index in [9.17, 15) is 9.59 Å². The van der Waals surface area contributed by atoms with Gasteiger partial charge in [0, 0.05) is 17.6 Å². The fourth-order valence-electron chi connectivity index (χ4n) is 1.70. The highest BCUT2D eigenvalue weighted by Gasteiger charge is 2.26. The molecule has 19 heavy (non-hydrogen) atoms. The number of amides is 1. The Kier molecular flexibility index (Phi) is 4.48. The van der Waals surface area contributed by atoms with Crippen molar-refractivity contribution in [1.82, 2.24) is 4.90 Å². The van der Waals surface area contributed by atoms with Crippen molar-refractivity contribution in [2.24, 2.45) is 0 Å². The van der Waals surface area contributed by atoms with Crippen LogP contribution in [0.3, 0.4) is 0 Å². The zero-order valence-corrected chi connectivity index (χ0v) is 11.5. The Morgan fingerprint density at radius 3 is 2.05 bits per heavy atom. The maximum absolute atomic E-state index is 12.4. The van der Waals surface area contributed by atoms with Gasteiger partial charge in [-0.3, -0.25) is 4.79 Å². The van der Waals surface area contributed by atoms with E-state index in [1.165, 1.54) is 24.3 Å². The number of benzene rings is 1. The van der Waals surface area contributed by atoms with E-state index in [1.54, 1.807) is 11.0 Å². The van der Waals surface area contributed by atoms with Gasteiger partial charge in [-0.15, -0.1) is 6.58 Å². The number of hydrogen-bond donors (Lipinski definition) is 1. The lowest BCUT2D eigenvalue weighted by atomic mass is 10.0. The summed E-state index contributed by atoms with van der Waals surface area (Å²) in [7, 11) is 0. The molecule has 1 N–H and O–H groups in total. The van der Waals surface area contributed by atoms with E-state index in [1.807, 2.05) is 20.8 Å². The van der Waals surface area contributed by atoms with Crippen LogP contribution in [0.15, 0.2) is 36.9 Å². The third-order valence-electron chi connectivity index (χ3n) is 2.75. The van der Waals surface area contributed by atoms with Crippen molar-refractivity contribution in [2.75, 3.05) is 6.54 Å². The summed E-state index contributed by atoms with van der Waals surface area (Å²) >= 11 is 0. The first kappa shape index (κ1) is 15.0. The fraction of sp³-hybridized carbons (Fsp3) is 0.333. The van der Waals surface area contributed by atoms with Gasteiger partial charge < -0.3 is 10.0 Å². The second-order valence-corrected chi connectivity index (χ2v) is 5.26. The highest BCUT2D eigenvalue weighted by molar-refractivity contribution is 5.96. The first-order valence-corrected chi connectivity index (χ1v) is 6.03. The van der Waals surface area contributed by atoms with Gasteiger partial charge in [0.25, 0.3) is 5.91 Å². The Morgan fingerprint density at radius 2 is 1.68 bits per heavy atom. The molecule has 0 aliphatic heterocycles. The first-order chi connectivity index (χ1) is 8.77. The number of carboxylic acid groups (broad SMARTS) is 1. The molecule has 1 aromatic carbocycles. The number of carboxylic acids is 1. The summed E-state index contributed by atoms with van der Waals surface area (Å²) < 4.78 is 0. The van der Waals surface area contributed by atoms with E-state index in [0.717, 1.165) is 0 Å². The number of hydrogen-bond acceptors (Lipinski definition) is 2. The first-order valence-electron chi connectivity index (χ1n) is 6.03. The molecule has 4 nitrogen and oxygen atoms in total. The zero-order chi connectivity index (χ0) is 14.6. The topological polar surface area (TPSA) is 57.6 Å². The van der Waals surface area contributed by atoms with Crippen LogP contribution in [0.2, 0.25) is 0 Å². The van der Waals surface area contributed by atoms with Crippen LogP contribution in [-0.4, -0.2) is 34.0 Å². The molecule has 102 valence electrons. The smallest absolute Gasteiger partial charge is 0.335 e. The lowest BCUT2D eigenvalue weighted by Gasteiger charge is -2.35. The number of carbonyl (C=O) groups excluding carboxylic acids is 1. The van der Waals surface area contributed by atoms with Crippen LogP contribution < -0.4 is 0 Å². The quantitative estimate of drug-likeness (QED) is 0.848. The van der Waals surface area contributed by atoms with E-state index in [4.69, 9.17) is 5.11 Å². The summed E-state index contributed by atoms with van der Waals surface area (Å²) in [5, 5.41) is 8.83. The average molecular weight is 261 g/mol. The van der Waals surface area contributed by atoms with Crippen molar-refractivity contribution in [3.63, 3.8) is 0 Å². The minimum Gasteiger partial charge on any atom is -0.478 e. The summed E-state index contributed by atoms with van der Waals surface area (Å²) in [6.45, 7) is 9.94. The van der Waals surface area contributed by atoms with Gasteiger partial charge in [0.2, 0.25) is 0 Å². The Labute approximate surface area is 113 Å². The standard InChI is InChI=1S/C15H19NO3/c1-5-10-16(15(2,3)4)13(17)11-6-8-12(9-7-11)14(18)19/h5-9H,1,10H2,2-4H3,(H,18,19). The molecule has 0 unspecified atom stereocenters. The highest BCUT2D eigenvalue weighted by Crippen LogP contribution is 2.17. The maximum Gasteiger partial charge on any atom is 0.335 e. The van der Waals surface area contributed by atoms with Crippen LogP contribution >= 0.6 is 0 Å². The summed E-state index contributed by atoms with van der Waals surface area (Å²) in [6, 6.07) is 5.94. The van der Waals surface area contributed by atoms with E-state index in [0.29, 0.717) is 12.1 Å². The number of nitrogens with zero attached hydrogens (tertiary/aromatic N) is 1. The van der Waals surface area contributed by atoms with E-state index in [-0.39, 0.29) is 17.0 Å². The van der Waals surface area contributed by atoms with Crippen molar-refractivity contribution < 1.29 is 14.7 Å². The molecule has 0 fully saturated rings. The molecule has 0 saturated heterocycles. The lowest BCUT2D eigenvalue weighted by Crippen LogP contribution is -2.45. The lowest BCUT2D eigenvalue weighted by molar-refractivity contribution is 0.0614. The molecule has 0 saturated carbocycles. The van der Waals surface area contributed by atoms with Crippen molar-refractivity contribution >= 4 is 11.9 Å². The van der Waals surface area contributed by atoms with Gasteiger partial charge in [0.1, 0.15) is 0 Å². The van der Waals surface area contributed by atoms with Gasteiger partial charge >= 0.3 is 5.97 Å². The van der Waals surface area contributed by atoms with Crippen molar-refractivity contribution in [3.8, 4) is 0 Å². The molecule has 0 radical (unpaired) electrons. The fourth-order valence-corrected chi connectivity index (χ4v) is 1.70. The van der Waals surface area contributed by atoms with E-state index >= 15 is 0 Å². The normalized spacial score (nSPS) is 10.9. The third kappa shape index (κ3) is 3.68. The minimum atomic E-state index is -1.00. The summed E-state index contributed by atoms with van der Waals surface area (Å²) in [5.74, 6) is -1.14. The van der Waals surface area contributed by atoms with Crippen LogP contribution in [0.1, 0.15) is 41.5 Å². The maximum atomic E-state index is 12.4. The van der Waals surface area contributed by atoms with Crippen LogP contribution in [0.25, 0.3) is 0 Å². The number of aromatic carboxylic acids is 1. The Hall–Kier alpha value is -2.10. The molecule has 1 aromatic rings. The van der Waals surface area contributed by atoms with Crippen LogP contribution in [-0.2, 0) is 0 Å². The highest BCUT2D eigenvalue weighted by atomic mass is 16.4. The summed E-state index contributed by atoms with van der Waals surface area (Å²) in [6.07, 6.45) is 1.68. The van der Waals surface area contributed by atoms with Gasteiger partial charge in [0.15, 0.2) is 0 Å². The molecule has 0 aromatic heterocycles. The van der Waals surface area contributed by atoms with Crippen LogP contribution in [0, 0.1) is 0 Å². The van der Waals surface area contributed by atoms with Gasteiger partial charge in [-0.2, -0.15) is 0 Å². The van der Waals surface area contributed by atoms with Crippen LogP contribution in [0.4, 0.5) is 0 Å². The summed E-state index contributed by atoms with van der Waals surface area (Å²) in [4.78, 5) is 24.9. The molecule has 0 atom stereocenters. The minimum absolute atomic E-state index is 0.135. The molecule has 0 aliphatic carbocycles. The van der Waals surface area contributed by atoms with Crippen molar-refractivity contribution in [2.45, 2.75) is 26.3 Å². The van der Waals surface area contributed by atoms with Gasteiger partial charge in [-0.25, -0.2) is 4.79 Å². The molecule has 0 aliphatic rings. The van der Waals surface area contributed by atoms with Gasteiger partial charge in [-0.05, 0) is 45.0 Å². The third-order valence-corrected chi connectivity index (χ3v) is 2.75. The zero-order valence-electron chi connectivity index (χ0n) is 11.5. The number of rotatable bonds is 4. The van der Waals surface area contributed by atoms with E-state index < -0.39 is 5.97 Å². The van der Waals surface area contributed by atoms with Crippen molar-refractivity contribution in [3.05, 3.63) is 48.0 Å². The largest absolute Gasteiger partial charge is 0.478 e. The van der Waals surface area contributed by atoms with Crippen molar-refractivity contribution in [1.29, 1.82) is 0 Å². The number of carbonyl (C=O) groups is 2. The Morgan fingerprint density at radius 1 is 1.21 bits per heavy atom. The van der Waals surface area contributed by atoms with E-state index in [2.05, 4.69) is 6.58 Å². The second kappa shape index (κ2) is 5.69. The molecule has 4 heteroatoms. The molecule has 0 spiro atoms. The average Bonchev–Trinajstić information content (AvgIpc) is 2.34. The predicted octanol–water partition coefficient (Wildman–Crippen LogP) is 2.81.